The van der Waals surface area contributed by atoms with Crippen molar-refractivity contribution in [2.24, 2.45) is 5.10 Å². The highest BCUT2D eigenvalue weighted by atomic mass is 35.5. The molecule has 0 bridgehead atoms. The Morgan fingerprint density at radius 3 is 2.50 bits per heavy atom. The predicted molar refractivity (Wildman–Crippen MR) is 86.6 cm³/mol. The summed E-state index contributed by atoms with van der Waals surface area (Å²) < 4.78 is 0. The number of hydrogen-bond acceptors (Lipinski definition) is 3. The molecule has 0 fully saturated rings. The lowest BCUT2D eigenvalue weighted by molar-refractivity contribution is 1.33. The highest BCUT2D eigenvalue weighted by molar-refractivity contribution is 5.91. The van der Waals surface area contributed by atoms with Crippen LogP contribution >= 0.6 is 12.4 Å². The Kier molecular flexibility index (Phi) is 4.69. The molecule has 0 amide bonds. The summed E-state index contributed by atoms with van der Waals surface area (Å²) in [5, 5.41) is 5.32. The van der Waals surface area contributed by atoms with E-state index >= 15 is 0 Å². The van der Waals surface area contributed by atoms with Crippen molar-refractivity contribution in [1.29, 1.82) is 0 Å². The number of aromatic nitrogens is 1. The Labute approximate surface area is 123 Å². The molecule has 3 rings (SSSR count). The van der Waals surface area contributed by atoms with Crippen LogP contribution in [0.25, 0.3) is 10.9 Å². The average Bonchev–Trinajstić information content (AvgIpc) is 2.49. The van der Waals surface area contributed by atoms with Gasteiger partial charge in [0.15, 0.2) is 0 Å². The van der Waals surface area contributed by atoms with Crippen molar-refractivity contribution >= 4 is 35.2 Å². The van der Waals surface area contributed by atoms with Gasteiger partial charge < -0.3 is 0 Å². The van der Waals surface area contributed by atoms with Gasteiger partial charge >= 0.3 is 0 Å². The van der Waals surface area contributed by atoms with Crippen LogP contribution in [0.2, 0.25) is 0 Å². The van der Waals surface area contributed by atoms with E-state index < -0.39 is 0 Å². The second kappa shape index (κ2) is 6.68. The molecule has 0 aliphatic carbocycles. The zero-order valence-corrected chi connectivity index (χ0v) is 11.5. The lowest BCUT2D eigenvalue weighted by Crippen LogP contribution is -1.92. The first-order valence-electron chi connectivity index (χ1n) is 6.11. The van der Waals surface area contributed by atoms with Crippen LogP contribution < -0.4 is 5.43 Å². The van der Waals surface area contributed by atoms with Gasteiger partial charge in [-0.05, 0) is 17.7 Å². The van der Waals surface area contributed by atoms with Crippen molar-refractivity contribution < 1.29 is 0 Å². The number of nitrogens with one attached hydrogen (secondary N) is 1. The van der Waals surface area contributed by atoms with Crippen LogP contribution in [0.15, 0.2) is 72.0 Å². The second-order valence-corrected chi connectivity index (χ2v) is 4.16. The smallest absolute Gasteiger partial charge is 0.0723 e. The molecule has 4 heteroatoms. The van der Waals surface area contributed by atoms with E-state index in [0.29, 0.717) is 0 Å². The summed E-state index contributed by atoms with van der Waals surface area (Å²) in [6.07, 6.45) is 3.58. The van der Waals surface area contributed by atoms with Crippen LogP contribution in [0.4, 0.5) is 5.69 Å². The Morgan fingerprint density at radius 1 is 0.900 bits per heavy atom. The Morgan fingerprint density at radius 2 is 1.65 bits per heavy atom. The number of rotatable bonds is 3. The van der Waals surface area contributed by atoms with E-state index in [4.69, 9.17) is 0 Å². The third-order valence-electron chi connectivity index (χ3n) is 2.85. The minimum absolute atomic E-state index is 0. The number of nitrogens with zero attached hydrogens (tertiary/aromatic N) is 2. The molecule has 0 unspecified atom stereocenters. The molecule has 3 nitrogen and oxygen atoms in total. The first-order valence-corrected chi connectivity index (χ1v) is 6.11. The van der Waals surface area contributed by atoms with E-state index in [0.717, 1.165) is 22.2 Å². The summed E-state index contributed by atoms with van der Waals surface area (Å²) >= 11 is 0. The molecule has 1 aromatic heterocycles. The number of hydrazone groups is 1. The fourth-order valence-electron chi connectivity index (χ4n) is 1.91. The monoisotopic (exact) mass is 283 g/mol. The fraction of sp³-hybridized carbons (Fsp3) is 0. The SMILES string of the molecule is C(=NNc1ccnc2ccccc12)c1ccccc1.Cl. The number of anilines is 1. The predicted octanol–water partition coefficient (Wildman–Crippen LogP) is 4.10. The quantitative estimate of drug-likeness (QED) is 0.580. The number of para-hydroxylation sites is 1. The standard InChI is InChI=1S/C16H13N3.ClH/c1-2-6-13(7-3-1)12-18-19-16-10-11-17-15-9-5-4-8-14(15)16;/h1-12H,(H,17,19);1H. The van der Waals surface area contributed by atoms with E-state index in [1.807, 2.05) is 60.7 Å². The van der Waals surface area contributed by atoms with E-state index in [1.165, 1.54) is 0 Å². The van der Waals surface area contributed by atoms with Crippen molar-refractivity contribution in [3.8, 4) is 0 Å². The van der Waals surface area contributed by atoms with Gasteiger partial charge in [0.25, 0.3) is 0 Å². The average molecular weight is 284 g/mol. The van der Waals surface area contributed by atoms with Gasteiger partial charge in [-0.15, -0.1) is 12.4 Å². The molecule has 1 N–H and O–H groups in total. The highest BCUT2D eigenvalue weighted by Crippen LogP contribution is 2.20. The molecule has 1 heterocycles. The maximum Gasteiger partial charge on any atom is 0.0723 e. The zero-order valence-electron chi connectivity index (χ0n) is 10.7. The van der Waals surface area contributed by atoms with E-state index in [1.54, 1.807) is 12.4 Å². The topological polar surface area (TPSA) is 37.3 Å². The number of hydrogen-bond donors (Lipinski definition) is 1. The number of halogens is 1. The molecular formula is C16H14ClN3. The molecule has 0 atom stereocenters. The van der Waals surface area contributed by atoms with Gasteiger partial charge in [-0.25, -0.2) is 0 Å². The first kappa shape index (κ1) is 14.0. The van der Waals surface area contributed by atoms with Gasteiger partial charge in [0.2, 0.25) is 0 Å². The zero-order chi connectivity index (χ0) is 12.9. The Hall–Kier alpha value is -2.39. The minimum Gasteiger partial charge on any atom is -0.278 e. The van der Waals surface area contributed by atoms with Gasteiger partial charge in [-0.1, -0.05) is 48.5 Å². The largest absolute Gasteiger partial charge is 0.278 e. The normalized spacial score (nSPS) is 10.4. The van der Waals surface area contributed by atoms with Crippen molar-refractivity contribution in [1.82, 2.24) is 4.98 Å². The van der Waals surface area contributed by atoms with Crippen LogP contribution in [-0.4, -0.2) is 11.2 Å². The van der Waals surface area contributed by atoms with Gasteiger partial charge in [0.05, 0.1) is 17.4 Å². The van der Waals surface area contributed by atoms with Crippen molar-refractivity contribution in [3.05, 3.63) is 72.4 Å². The molecular weight excluding hydrogens is 270 g/mol. The summed E-state index contributed by atoms with van der Waals surface area (Å²) in [4.78, 5) is 4.32. The molecule has 100 valence electrons. The second-order valence-electron chi connectivity index (χ2n) is 4.16. The van der Waals surface area contributed by atoms with Crippen LogP contribution in [0.1, 0.15) is 5.56 Å². The van der Waals surface area contributed by atoms with E-state index in [9.17, 15) is 0 Å². The van der Waals surface area contributed by atoms with Gasteiger partial charge in [-0.3, -0.25) is 10.4 Å². The van der Waals surface area contributed by atoms with E-state index in [2.05, 4.69) is 15.5 Å². The third-order valence-corrected chi connectivity index (χ3v) is 2.85. The molecule has 0 saturated carbocycles. The van der Waals surface area contributed by atoms with E-state index in [-0.39, 0.29) is 12.4 Å². The molecule has 0 aliphatic rings. The Bertz CT molecular complexity index is 706. The first-order chi connectivity index (χ1) is 9.43. The maximum absolute atomic E-state index is 4.32. The summed E-state index contributed by atoms with van der Waals surface area (Å²) in [7, 11) is 0. The lowest BCUT2D eigenvalue weighted by Gasteiger charge is -2.04. The minimum atomic E-state index is 0. The molecule has 0 aliphatic heterocycles. The van der Waals surface area contributed by atoms with Crippen molar-refractivity contribution in [3.63, 3.8) is 0 Å². The van der Waals surface area contributed by atoms with Crippen LogP contribution in [0, 0.1) is 0 Å². The summed E-state index contributed by atoms with van der Waals surface area (Å²) in [6.45, 7) is 0. The summed E-state index contributed by atoms with van der Waals surface area (Å²) in [6, 6.07) is 19.9. The fourth-order valence-corrected chi connectivity index (χ4v) is 1.91. The number of benzene rings is 2. The Balaban J connectivity index is 0.00000147. The summed E-state index contributed by atoms with van der Waals surface area (Å²) in [5.41, 5.74) is 6.05. The van der Waals surface area contributed by atoms with Gasteiger partial charge in [-0.2, -0.15) is 5.10 Å². The number of pyridine rings is 1. The third kappa shape index (κ3) is 3.13. The van der Waals surface area contributed by atoms with Crippen molar-refractivity contribution in [2.75, 3.05) is 5.43 Å². The molecule has 3 aromatic rings. The van der Waals surface area contributed by atoms with Crippen LogP contribution in [0.3, 0.4) is 0 Å². The summed E-state index contributed by atoms with van der Waals surface area (Å²) in [5.74, 6) is 0. The molecule has 20 heavy (non-hydrogen) atoms. The molecule has 0 spiro atoms. The van der Waals surface area contributed by atoms with Crippen molar-refractivity contribution in [2.45, 2.75) is 0 Å². The molecule has 0 radical (unpaired) electrons. The molecule has 0 saturated heterocycles. The lowest BCUT2D eigenvalue weighted by atomic mass is 10.2. The van der Waals surface area contributed by atoms with Crippen LogP contribution in [0.5, 0.6) is 0 Å². The maximum atomic E-state index is 4.32. The number of fused-ring (bicyclic) bond motifs is 1. The van der Waals surface area contributed by atoms with Gasteiger partial charge in [0, 0.05) is 11.6 Å². The van der Waals surface area contributed by atoms with Gasteiger partial charge in [0.1, 0.15) is 0 Å². The molecule has 2 aromatic carbocycles. The highest BCUT2D eigenvalue weighted by Gasteiger charge is 1.98. The van der Waals surface area contributed by atoms with Crippen LogP contribution in [-0.2, 0) is 0 Å².